The van der Waals surface area contributed by atoms with Crippen LogP contribution in [0.2, 0.25) is 0 Å². The van der Waals surface area contributed by atoms with E-state index in [1.54, 1.807) is 16.7 Å². The van der Waals surface area contributed by atoms with Gasteiger partial charge in [0, 0.05) is 0 Å². The Kier molecular flexibility index (Phi) is 4.80. The van der Waals surface area contributed by atoms with Crippen molar-refractivity contribution in [3.8, 4) is 0 Å². The summed E-state index contributed by atoms with van der Waals surface area (Å²) in [6, 6.07) is 4.86. The minimum atomic E-state index is 0.622. The predicted octanol–water partition coefficient (Wildman–Crippen LogP) is 5.62. The van der Waals surface area contributed by atoms with Crippen LogP contribution in [-0.2, 0) is 6.42 Å². The van der Waals surface area contributed by atoms with Crippen molar-refractivity contribution in [3.63, 3.8) is 0 Å². The molecule has 0 aromatic heterocycles. The molecule has 0 nitrogen and oxygen atoms in total. The van der Waals surface area contributed by atoms with Gasteiger partial charge in [-0.15, -0.1) is 0 Å². The normalized spacial score (nSPS) is 11.9. The Labute approximate surface area is 107 Å². The first kappa shape index (κ1) is 14.3. The summed E-state index contributed by atoms with van der Waals surface area (Å²) < 4.78 is 0. The second-order valence-electron chi connectivity index (χ2n) is 6.00. The molecule has 0 radical (unpaired) electrons. The number of rotatable bonds is 4. The third kappa shape index (κ3) is 3.12. The SMILES string of the molecule is CCc1cc(C(C)C)cc(C(C)C)c1C(C)C. The smallest absolute Gasteiger partial charge is 0.0213 e. The van der Waals surface area contributed by atoms with Gasteiger partial charge in [-0.1, -0.05) is 60.6 Å². The molecule has 1 rings (SSSR count). The molecule has 0 heterocycles. The molecule has 0 saturated heterocycles. The van der Waals surface area contributed by atoms with Gasteiger partial charge in [0.15, 0.2) is 0 Å². The van der Waals surface area contributed by atoms with Gasteiger partial charge in [0.1, 0.15) is 0 Å². The summed E-state index contributed by atoms with van der Waals surface area (Å²) in [6.07, 6.45) is 1.15. The molecular formula is C17H28. The van der Waals surface area contributed by atoms with Crippen LogP contribution in [0.3, 0.4) is 0 Å². The van der Waals surface area contributed by atoms with Crippen LogP contribution in [0.25, 0.3) is 0 Å². The average Bonchev–Trinajstić information content (AvgIpc) is 2.26. The first-order chi connectivity index (χ1) is 7.88. The summed E-state index contributed by atoms with van der Waals surface area (Å²) in [5, 5.41) is 0. The molecule has 0 amide bonds. The van der Waals surface area contributed by atoms with Crippen LogP contribution >= 0.6 is 0 Å². The standard InChI is InChI=1S/C17H28/c1-8-14-9-15(11(2)3)10-16(12(4)5)17(14)13(6)7/h9-13H,8H2,1-7H3. The lowest BCUT2D eigenvalue weighted by Crippen LogP contribution is -2.06. The quantitative estimate of drug-likeness (QED) is 0.632. The van der Waals surface area contributed by atoms with Crippen molar-refractivity contribution in [3.05, 3.63) is 34.4 Å². The Balaban J connectivity index is 3.46. The maximum atomic E-state index is 2.43. The van der Waals surface area contributed by atoms with E-state index in [0.29, 0.717) is 17.8 Å². The highest BCUT2D eigenvalue weighted by atomic mass is 14.2. The Morgan fingerprint density at radius 3 is 1.76 bits per heavy atom. The molecule has 0 saturated carbocycles. The van der Waals surface area contributed by atoms with E-state index < -0.39 is 0 Å². The zero-order chi connectivity index (χ0) is 13.2. The maximum Gasteiger partial charge on any atom is -0.0213 e. The maximum absolute atomic E-state index is 2.43. The van der Waals surface area contributed by atoms with E-state index in [4.69, 9.17) is 0 Å². The van der Waals surface area contributed by atoms with Crippen LogP contribution in [0.4, 0.5) is 0 Å². The van der Waals surface area contributed by atoms with Gasteiger partial charge in [-0.05, 0) is 46.4 Å². The summed E-state index contributed by atoms with van der Waals surface area (Å²) in [4.78, 5) is 0. The zero-order valence-electron chi connectivity index (χ0n) is 12.6. The lowest BCUT2D eigenvalue weighted by molar-refractivity contribution is 0.763. The molecule has 96 valence electrons. The first-order valence-corrected chi connectivity index (χ1v) is 7.05. The fraction of sp³-hybridized carbons (Fsp3) is 0.647. The minimum Gasteiger partial charge on any atom is -0.0613 e. The molecule has 0 unspecified atom stereocenters. The van der Waals surface area contributed by atoms with Crippen LogP contribution in [0, 0.1) is 0 Å². The lowest BCUT2D eigenvalue weighted by atomic mass is 9.83. The number of hydrogen-bond donors (Lipinski definition) is 0. The molecule has 1 aromatic carbocycles. The molecule has 0 N–H and O–H groups in total. The van der Waals surface area contributed by atoms with Crippen LogP contribution in [0.1, 0.15) is 88.5 Å². The van der Waals surface area contributed by atoms with Gasteiger partial charge < -0.3 is 0 Å². The Morgan fingerprint density at radius 1 is 0.824 bits per heavy atom. The molecule has 0 fully saturated rings. The van der Waals surface area contributed by atoms with Crippen LogP contribution in [0.5, 0.6) is 0 Å². The van der Waals surface area contributed by atoms with Crippen LogP contribution < -0.4 is 0 Å². The molecule has 1 aromatic rings. The molecule has 0 aliphatic rings. The van der Waals surface area contributed by atoms with Crippen molar-refractivity contribution in [2.45, 2.75) is 72.6 Å². The Morgan fingerprint density at radius 2 is 1.41 bits per heavy atom. The van der Waals surface area contributed by atoms with Crippen molar-refractivity contribution in [1.82, 2.24) is 0 Å². The summed E-state index contributed by atoms with van der Waals surface area (Å²) >= 11 is 0. The van der Waals surface area contributed by atoms with Gasteiger partial charge in [0.05, 0.1) is 0 Å². The minimum absolute atomic E-state index is 0.622. The average molecular weight is 232 g/mol. The number of benzene rings is 1. The summed E-state index contributed by atoms with van der Waals surface area (Å²) in [5.74, 6) is 1.87. The lowest BCUT2D eigenvalue weighted by Gasteiger charge is -2.22. The summed E-state index contributed by atoms with van der Waals surface area (Å²) in [7, 11) is 0. The Bertz CT molecular complexity index is 370. The van der Waals surface area contributed by atoms with Gasteiger partial charge >= 0.3 is 0 Å². The highest BCUT2D eigenvalue weighted by molar-refractivity contribution is 5.43. The van der Waals surface area contributed by atoms with Gasteiger partial charge in [-0.25, -0.2) is 0 Å². The summed E-state index contributed by atoms with van der Waals surface area (Å²) in [6.45, 7) is 16.1. The van der Waals surface area contributed by atoms with Crippen molar-refractivity contribution < 1.29 is 0 Å². The van der Waals surface area contributed by atoms with Crippen molar-refractivity contribution in [2.75, 3.05) is 0 Å². The van der Waals surface area contributed by atoms with Crippen molar-refractivity contribution in [2.24, 2.45) is 0 Å². The molecule has 0 aliphatic carbocycles. The second kappa shape index (κ2) is 5.71. The van der Waals surface area contributed by atoms with E-state index in [0.717, 1.165) is 6.42 Å². The van der Waals surface area contributed by atoms with Gasteiger partial charge in [-0.2, -0.15) is 0 Å². The van der Waals surface area contributed by atoms with Crippen LogP contribution in [0.15, 0.2) is 12.1 Å². The van der Waals surface area contributed by atoms with E-state index in [-0.39, 0.29) is 0 Å². The second-order valence-corrected chi connectivity index (χ2v) is 6.00. The third-order valence-corrected chi connectivity index (χ3v) is 3.57. The van der Waals surface area contributed by atoms with E-state index >= 15 is 0 Å². The van der Waals surface area contributed by atoms with Crippen molar-refractivity contribution in [1.29, 1.82) is 0 Å². The van der Waals surface area contributed by atoms with E-state index in [9.17, 15) is 0 Å². The topological polar surface area (TPSA) is 0 Å². The molecule has 0 bridgehead atoms. The van der Waals surface area contributed by atoms with Crippen LogP contribution in [-0.4, -0.2) is 0 Å². The van der Waals surface area contributed by atoms with Gasteiger partial charge in [-0.3, -0.25) is 0 Å². The van der Waals surface area contributed by atoms with E-state index in [1.165, 1.54) is 5.56 Å². The molecule has 0 aliphatic heterocycles. The van der Waals surface area contributed by atoms with E-state index in [1.807, 2.05) is 0 Å². The Hall–Kier alpha value is -0.780. The highest BCUT2D eigenvalue weighted by Gasteiger charge is 2.16. The zero-order valence-corrected chi connectivity index (χ0v) is 12.6. The molecule has 0 spiro atoms. The molecular weight excluding hydrogens is 204 g/mol. The van der Waals surface area contributed by atoms with E-state index in [2.05, 4.69) is 60.6 Å². The monoisotopic (exact) mass is 232 g/mol. The fourth-order valence-electron chi connectivity index (χ4n) is 2.57. The summed E-state index contributed by atoms with van der Waals surface area (Å²) in [5.41, 5.74) is 6.19. The molecule has 17 heavy (non-hydrogen) atoms. The molecule has 0 atom stereocenters. The highest BCUT2D eigenvalue weighted by Crippen LogP contribution is 2.33. The largest absolute Gasteiger partial charge is 0.0613 e. The first-order valence-electron chi connectivity index (χ1n) is 7.05. The predicted molar refractivity (Wildman–Crippen MR) is 78.1 cm³/mol. The fourth-order valence-corrected chi connectivity index (χ4v) is 2.57. The van der Waals surface area contributed by atoms with Gasteiger partial charge in [0.2, 0.25) is 0 Å². The van der Waals surface area contributed by atoms with Crippen molar-refractivity contribution >= 4 is 0 Å². The van der Waals surface area contributed by atoms with Gasteiger partial charge in [0.25, 0.3) is 0 Å². The third-order valence-electron chi connectivity index (χ3n) is 3.57. The number of hydrogen-bond acceptors (Lipinski definition) is 0. The number of aryl methyl sites for hydroxylation is 1. The molecule has 0 heteroatoms.